The van der Waals surface area contributed by atoms with Crippen LogP contribution in [-0.4, -0.2) is 36.3 Å². The van der Waals surface area contributed by atoms with Crippen molar-refractivity contribution in [2.45, 2.75) is 38.8 Å². The van der Waals surface area contributed by atoms with Crippen LogP contribution in [0.2, 0.25) is 0 Å². The minimum Gasteiger partial charge on any atom is -0.352 e. The van der Waals surface area contributed by atoms with Crippen molar-refractivity contribution >= 4 is 24.2 Å². The van der Waals surface area contributed by atoms with E-state index in [2.05, 4.69) is 16.7 Å². The van der Waals surface area contributed by atoms with Crippen LogP contribution < -0.4 is 10.6 Å². The molecule has 24 heavy (non-hydrogen) atoms. The molecular weight excluding hydrogens is 326 g/mol. The Kier molecular flexibility index (Phi) is 7.06. The minimum absolute atomic E-state index is 0. The summed E-state index contributed by atoms with van der Waals surface area (Å²) in [6, 6.07) is 8.15. The van der Waals surface area contributed by atoms with Crippen molar-refractivity contribution in [1.29, 1.82) is 0 Å². The summed E-state index contributed by atoms with van der Waals surface area (Å²) >= 11 is 0. The Hall–Kier alpha value is -1.59. The standard InChI is InChI=1S/C18H25N3O2.ClH/c22-17-7-3-9-21(17)13-15-5-1-4-14(10-15)11-20-18(23)16-6-2-8-19-12-16;/h1,4-5,10,16,19H,2-3,6-9,11-13H2,(H,20,23);1H. The van der Waals surface area contributed by atoms with Crippen molar-refractivity contribution in [1.82, 2.24) is 15.5 Å². The second-order valence-electron chi connectivity index (χ2n) is 6.50. The molecule has 0 aliphatic carbocycles. The molecule has 2 N–H and O–H groups in total. The number of carbonyl (C=O) groups is 2. The van der Waals surface area contributed by atoms with E-state index in [0.717, 1.165) is 50.0 Å². The third-order valence-electron chi connectivity index (χ3n) is 4.67. The first-order valence-electron chi connectivity index (χ1n) is 8.56. The molecule has 2 aliphatic heterocycles. The van der Waals surface area contributed by atoms with Gasteiger partial charge in [0.2, 0.25) is 11.8 Å². The highest BCUT2D eigenvalue weighted by molar-refractivity contribution is 5.85. The lowest BCUT2D eigenvalue weighted by molar-refractivity contribution is -0.128. The van der Waals surface area contributed by atoms with E-state index in [4.69, 9.17) is 0 Å². The average Bonchev–Trinajstić information content (AvgIpc) is 2.99. The fourth-order valence-electron chi connectivity index (χ4n) is 3.34. The summed E-state index contributed by atoms with van der Waals surface area (Å²) in [6.07, 6.45) is 3.67. The van der Waals surface area contributed by atoms with Crippen molar-refractivity contribution in [2.75, 3.05) is 19.6 Å². The van der Waals surface area contributed by atoms with Gasteiger partial charge in [-0.15, -0.1) is 12.4 Å². The Morgan fingerprint density at radius 3 is 2.83 bits per heavy atom. The summed E-state index contributed by atoms with van der Waals surface area (Å²) in [4.78, 5) is 25.8. The molecule has 3 rings (SSSR count). The molecule has 2 saturated heterocycles. The number of benzene rings is 1. The fraction of sp³-hybridized carbons (Fsp3) is 0.556. The maximum atomic E-state index is 12.2. The van der Waals surface area contributed by atoms with Crippen LogP contribution in [0.1, 0.15) is 36.8 Å². The first kappa shape index (κ1) is 18.7. The van der Waals surface area contributed by atoms with Gasteiger partial charge in [0.25, 0.3) is 0 Å². The van der Waals surface area contributed by atoms with E-state index in [1.165, 1.54) is 0 Å². The molecule has 1 aromatic rings. The molecule has 2 aliphatic rings. The minimum atomic E-state index is 0. The largest absolute Gasteiger partial charge is 0.352 e. The van der Waals surface area contributed by atoms with Crippen molar-refractivity contribution in [3.63, 3.8) is 0 Å². The SMILES string of the molecule is Cl.O=C(NCc1cccc(CN2CCCC2=O)c1)C1CCCNC1. The molecule has 1 unspecified atom stereocenters. The topological polar surface area (TPSA) is 61.4 Å². The Labute approximate surface area is 149 Å². The predicted molar refractivity (Wildman–Crippen MR) is 95.8 cm³/mol. The molecule has 6 heteroatoms. The zero-order valence-electron chi connectivity index (χ0n) is 13.9. The lowest BCUT2D eigenvalue weighted by Crippen LogP contribution is -2.40. The number of carbonyl (C=O) groups excluding carboxylic acids is 2. The second-order valence-corrected chi connectivity index (χ2v) is 6.50. The number of rotatable bonds is 5. The van der Waals surface area contributed by atoms with E-state index in [1.54, 1.807) is 0 Å². The Morgan fingerprint density at radius 1 is 1.29 bits per heavy atom. The molecule has 5 nitrogen and oxygen atoms in total. The van der Waals surface area contributed by atoms with Crippen LogP contribution in [0.25, 0.3) is 0 Å². The fourth-order valence-corrected chi connectivity index (χ4v) is 3.34. The van der Waals surface area contributed by atoms with Gasteiger partial charge in [-0.1, -0.05) is 24.3 Å². The number of halogens is 1. The van der Waals surface area contributed by atoms with E-state index < -0.39 is 0 Å². The summed E-state index contributed by atoms with van der Waals surface area (Å²) in [7, 11) is 0. The molecule has 2 heterocycles. The first-order valence-corrected chi connectivity index (χ1v) is 8.56. The van der Waals surface area contributed by atoms with Gasteiger partial charge in [0.1, 0.15) is 0 Å². The molecule has 1 aromatic carbocycles. The van der Waals surface area contributed by atoms with Gasteiger partial charge < -0.3 is 15.5 Å². The summed E-state index contributed by atoms with van der Waals surface area (Å²) < 4.78 is 0. The van der Waals surface area contributed by atoms with Crippen LogP contribution in [0, 0.1) is 5.92 Å². The van der Waals surface area contributed by atoms with E-state index in [1.807, 2.05) is 23.1 Å². The molecular formula is C18H26ClN3O2. The third-order valence-corrected chi connectivity index (χ3v) is 4.67. The van der Waals surface area contributed by atoms with Crippen LogP contribution in [0.5, 0.6) is 0 Å². The smallest absolute Gasteiger partial charge is 0.224 e. The zero-order valence-corrected chi connectivity index (χ0v) is 14.7. The number of likely N-dealkylation sites (tertiary alicyclic amines) is 1. The molecule has 132 valence electrons. The Balaban J connectivity index is 0.00000208. The van der Waals surface area contributed by atoms with Gasteiger partial charge in [-0.25, -0.2) is 0 Å². The molecule has 0 radical (unpaired) electrons. The Bertz CT molecular complexity index is 573. The molecule has 1 atom stereocenters. The van der Waals surface area contributed by atoms with E-state index >= 15 is 0 Å². The van der Waals surface area contributed by atoms with E-state index in [-0.39, 0.29) is 30.1 Å². The monoisotopic (exact) mass is 351 g/mol. The normalized spacial score (nSPS) is 20.6. The molecule has 2 amide bonds. The summed E-state index contributed by atoms with van der Waals surface area (Å²) in [5.74, 6) is 0.472. The zero-order chi connectivity index (χ0) is 16.1. The van der Waals surface area contributed by atoms with Gasteiger partial charge in [-0.3, -0.25) is 9.59 Å². The molecule has 0 aromatic heterocycles. The highest BCUT2D eigenvalue weighted by Crippen LogP contribution is 2.15. The van der Waals surface area contributed by atoms with Gasteiger partial charge in [0.05, 0.1) is 5.92 Å². The van der Waals surface area contributed by atoms with Crippen molar-refractivity contribution < 1.29 is 9.59 Å². The van der Waals surface area contributed by atoms with Crippen LogP contribution in [0.4, 0.5) is 0 Å². The number of piperidine rings is 1. The predicted octanol–water partition coefficient (Wildman–Crippen LogP) is 1.85. The number of hydrogen-bond acceptors (Lipinski definition) is 3. The van der Waals surface area contributed by atoms with Crippen LogP contribution in [-0.2, 0) is 22.7 Å². The van der Waals surface area contributed by atoms with E-state index in [9.17, 15) is 9.59 Å². The third kappa shape index (κ3) is 4.95. The average molecular weight is 352 g/mol. The van der Waals surface area contributed by atoms with Crippen LogP contribution in [0.15, 0.2) is 24.3 Å². The van der Waals surface area contributed by atoms with Crippen molar-refractivity contribution in [3.05, 3.63) is 35.4 Å². The van der Waals surface area contributed by atoms with Gasteiger partial charge in [-0.2, -0.15) is 0 Å². The first-order chi connectivity index (χ1) is 11.2. The van der Waals surface area contributed by atoms with Gasteiger partial charge >= 0.3 is 0 Å². The lowest BCUT2D eigenvalue weighted by atomic mass is 9.99. The molecule has 0 spiro atoms. The maximum Gasteiger partial charge on any atom is 0.224 e. The van der Waals surface area contributed by atoms with Crippen molar-refractivity contribution in [2.24, 2.45) is 5.92 Å². The highest BCUT2D eigenvalue weighted by Gasteiger charge is 2.21. The number of nitrogens with one attached hydrogen (secondary N) is 2. The summed E-state index contributed by atoms with van der Waals surface area (Å²) in [5, 5.41) is 6.31. The highest BCUT2D eigenvalue weighted by atomic mass is 35.5. The summed E-state index contributed by atoms with van der Waals surface area (Å²) in [5.41, 5.74) is 2.22. The van der Waals surface area contributed by atoms with Gasteiger partial charge in [-0.05, 0) is 36.9 Å². The Morgan fingerprint density at radius 2 is 2.12 bits per heavy atom. The maximum absolute atomic E-state index is 12.2. The number of amides is 2. The van der Waals surface area contributed by atoms with Crippen LogP contribution >= 0.6 is 12.4 Å². The molecule has 2 fully saturated rings. The molecule has 0 bridgehead atoms. The number of nitrogens with zero attached hydrogens (tertiary/aromatic N) is 1. The summed E-state index contributed by atoms with van der Waals surface area (Å²) in [6.45, 7) is 3.88. The van der Waals surface area contributed by atoms with Crippen molar-refractivity contribution in [3.8, 4) is 0 Å². The van der Waals surface area contributed by atoms with Gasteiger partial charge in [0, 0.05) is 32.6 Å². The van der Waals surface area contributed by atoms with Gasteiger partial charge in [0.15, 0.2) is 0 Å². The van der Waals surface area contributed by atoms with E-state index in [0.29, 0.717) is 19.5 Å². The lowest BCUT2D eigenvalue weighted by Gasteiger charge is -2.22. The second kappa shape index (κ2) is 9.04. The van der Waals surface area contributed by atoms with Crippen LogP contribution in [0.3, 0.4) is 0 Å². The molecule has 0 saturated carbocycles. The number of hydrogen-bond donors (Lipinski definition) is 2. The quantitative estimate of drug-likeness (QED) is 0.851.